The van der Waals surface area contributed by atoms with Crippen LogP contribution in [0.3, 0.4) is 0 Å². The number of carbonyl (C=O) groups excluding carboxylic acids is 2. The average molecular weight is 463 g/mol. The van der Waals surface area contributed by atoms with Gasteiger partial charge >= 0.3 is 0 Å². The highest BCUT2D eigenvalue weighted by Crippen LogP contribution is 2.48. The molecule has 5 rings (SSSR count). The predicted octanol–water partition coefficient (Wildman–Crippen LogP) is 5.83. The number of thioether (sulfide) groups is 1. The molecule has 3 aromatic carbocycles. The lowest BCUT2D eigenvalue weighted by atomic mass is 9.98. The molecule has 0 fully saturated rings. The van der Waals surface area contributed by atoms with Gasteiger partial charge in [-0.25, -0.2) is 4.90 Å². The normalized spacial score (nSPS) is 17.6. The van der Waals surface area contributed by atoms with Crippen molar-refractivity contribution in [2.24, 2.45) is 0 Å². The SMILES string of the molecule is CCOc1ccc([C@H]2Nc3ccccc3SC3=C2C(=O)N(c2ccc(Cl)cc2)C3=O)cc1. The summed E-state index contributed by atoms with van der Waals surface area (Å²) in [5.41, 5.74) is 2.69. The van der Waals surface area contributed by atoms with Crippen molar-refractivity contribution in [1.29, 1.82) is 0 Å². The van der Waals surface area contributed by atoms with Crippen LogP contribution in [0, 0.1) is 0 Å². The lowest BCUT2D eigenvalue weighted by molar-refractivity contribution is -0.120. The summed E-state index contributed by atoms with van der Waals surface area (Å²) in [4.78, 5) is 29.6. The van der Waals surface area contributed by atoms with Crippen LogP contribution in [0.2, 0.25) is 5.02 Å². The Labute approximate surface area is 195 Å². The van der Waals surface area contributed by atoms with Gasteiger partial charge in [-0.3, -0.25) is 9.59 Å². The Kier molecular flexibility index (Phi) is 5.41. The van der Waals surface area contributed by atoms with E-state index in [2.05, 4.69) is 5.32 Å². The fourth-order valence-corrected chi connectivity index (χ4v) is 5.11. The monoisotopic (exact) mass is 462 g/mol. The Balaban J connectivity index is 1.61. The Morgan fingerprint density at radius 3 is 2.41 bits per heavy atom. The van der Waals surface area contributed by atoms with Crippen molar-refractivity contribution in [3.63, 3.8) is 0 Å². The molecule has 160 valence electrons. The van der Waals surface area contributed by atoms with Gasteiger partial charge in [-0.1, -0.05) is 47.6 Å². The molecule has 2 heterocycles. The molecule has 0 aromatic heterocycles. The van der Waals surface area contributed by atoms with E-state index in [0.29, 0.717) is 27.8 Å². The standard InChI is InChI=1S/C25H19ClN2O3S/c1-2-31-18-13-7-15(8-14-18)22-21-23(32-20-6-4-3-5-19(20)27-22)25(30)28(24(21)29)17-11-9-16(26)10-12-17/h3-14,22,27H,2H2,1H3/t22-/m1/s1. The minimum absolute atomic E-state index is 0.327. The molecule has 0 saturated heterocycles. The van der Waals surface area contributed by atoms with E-state index in [4.69, 9.17) is 16.3 Å². The van der Waals surface area contributed by atoms with Crippen LogP contribution in [0.25, 0.3) is 0 Å². The number of amides is 2. The molecule has 1 atom stereocenters. The van der Waals surface area contributed by atoms with E-state index in [0.717, 1.165) is 21.9 Å². The topological polar surface area (TPSA) is 58.6 Å². The van der Waals surface area contributed by atoms with Crippen LogP contribution < -0.4 is 15.0 Å². The van der Waals surface area contributed by atoms with Crippen LogP contribution in [-0.4, -0.2) is 18.4 Å². The van der Waals surface area contributed by atoms with Gasteiger partial charge in [0.15, 0.2) is 0 Å². The summed E-state index contributed by atoms with van der Waals surface area (Å²) in [5, 5.41) is 4.03. The zero-order valence-corrected chi connectivity index (χ0v) is 18.7. The number of imide groups is 1. The maximum Gasteiger partial charge on any atom is 0.272 e. The first-order valence-corrected chi connectivity index (χ1v) is 11.4. The molecule has 3 aromatic rings. The molecule has 0 spiro atoms. The maximum absolute atomic E-state index is 13.6. The Morgan fingerprint density at radius 2 is 1.69 bits per heavy atom. The molecule has 0 radical (unpaired) electrons. The molecule has 0 aliphatic carbocycles. The number of benzene rings is 3. The number of hydrogen-bond acceptors (Lipinski definition) is 5. The summed E-state index contributed by atoms with van der Waals surface area (Å²) in [6.07, 6.45) is 0. The third-order valence-electron chi connectivity index (χ3n) is 5.37. The Morgan fingerprint density at radius 1 is 0.969 bits per heavy atom. The Bertz CT molecular complexity index is 1240. The molecule has 5 nitrogen and oxygen atoms in total. The number of hydrogen-bond donors (Lipinski definition) is 1. The van der Waals surface area contributed by atoms with Gasteiger partial charge in [0.2, 0.25) is 0 Å². The van der Waals surface area contributed by atoms with Crippen LogP contribution >= 0.6 is 23.4 Å². The fourth-order valence-electron chi connectivity index (χ4n) is 3.89. The second kappa shape index (κ2) is 8.37. The summed E-state index contributed by atoms with van der Waals surface area (Å²) < 4.78 is 5.56. The fraction of sp³-hybridized carbons (Fsp3) is 0.120. The van der Waals surface area contributed by atoms with Crippen molar-refractivity contribution in [2.45, 2.75) is 17.9 Å². The number of anilines is 2. The first-order valence-electron chi connectivity index (χ1n) is 10.2. The van der Waals surface area contributed by atoms with Crippen LogP contribution in [0.4, 0.5) is 11.4 Å². The number of nitrogens with zero attached hydrogens (tertiary/aromatic N) is 1. The quantitative estimate of drug-likeness (QED) is 0.495. The smallest absolute Gasteiger partial charge is 0.272 e. The van der Waals surface area contributed by atoms with E-state index in [-0.39, 0.29) is 11.8 Å². The van der Waals surface area contributed by atoms with Gasteiger partial charge in [0.25, 0.3) is 11.8 Å². The van der Waals surface area contributed by atoms with Gasteiger partial charge in [-0.05, 0) is 61.0 Å². The van der Waals surface area contributed by atoms with Crippen molar-refractivity contribution < 1.29 is 14.3 Å². The van der Waals surface area contributed by atoms with Gasteiger partial charge in [0, 0.05) is 15.6 Å². The second-order valence-electron chi connectivity index (χ2n) is 7.34. The van der Waals surface area contributed by atoms with Crippen molar-refractivity contribution in [3.05, 3.63) is 93.9 Å². The average Bonchev–Trinajstić information content (AvgIpc) is 2.95. The zero-order chi connectivity index (χ0) is 22.2. The minimum Gasteiger partial charge on any atom is -0.494 e. The number of fused-ring (bicyclic) bond motifs is 1. The maximum atomic E-state index is 13.6. The third kappa shape index (κ3) is 3.55. The molecule has 1 N–H and O–H groups in total. The molecular formula is C25H19ClN2O3S. The Hall–Kier alpha value is -3.22. The van der Waals surface area contributed by atoms with E-state index in [1.807, 2.05) is 55.5 Å². The molecule has 32 heavy (non-hydrogen) atoms. The van der Waals surface area contributed by atoms with Gasteiger partial charge in [-0.15, -0.1) is 0 Å². The molecule has 2 amide bonds. The lowest BCUT2D eigenvalue weighted by Crippen LogP contribution is -2.33. The highest BCUT2D eigenvalue weighted by molar-refractivity contribution is 8.04. The zero-order valence-electron chi connectivity index (χ0n) is 17.2. The molecule has 2 aliphatic rings. The first-order chi connectivity index (χ1) is 15.6. The summed E-state index contributed by atoms with van der Waals surface area (Å²) in [6, 6.07) is 21.6. The van der Waals surface area contributed by atoms with Crippen LogP contribution in [0.5, 0.6) is 5.75 Å². The van der Waals surface area contributed by atoms with Crippen LogP contribution in [0.1, 0.15) is 18.5 Å². The number of halogens is 1. The summed E-state index contributed by atoms with van der Waals surface area (Å²) >= 11 is 7.33. The van der Waals surface area contributed by atoms with E-state index in [9.17, 15) is 9.59 Å². The molecule has 7 heteroatoms. The van der Waals surface area contributed by atoms with Crippen molar-refractivity contribution in [2.75, 3.05) is 16.8 Å². The minimum atomic E-state index is -0.481. The third-order valence-corrected chi connectivity index (χ3v) is 6.80. The van der Waals surface area contributed by atoms with Gasteiger partial charge in [0.1, 0.15) is 5.75 Å². The van der Waals surface area contributed by atoms with Crippen molar-refractivity contribution in [3.8, 4) is 5.75 Å². The first kappa shape index (κ1) is 20.7. The number of ether oxygens (including phenoxy) is 1. The molecule has 0 unspecified atom stereocenters. The van der Waals surface area contributed by atoms with Gasteiger partial charge in [0.05, 0.1) is 28.8 Å². The number of carbonyl (C=O) groups is 2. The van der Waals surface area contributed by atoms with E-state index in [1.54, 1.807) is 24.3 Å². The molecule has 0 saturated carbocycles. The van der Waals surface area contributed by atoms with Crippen LogP contribution in [0.15, 0.2) is 88.2 Å². The predicted molar refractivity (Wildman–Crippen MR) is 127 cm³/mol. The number of para-hydroxylation sites is 1. The lowest BCUT2D eigenvalue weighted by Gasteiger charge is -2.23. The van der Waals surface area contributed by atoms with Gasteiger partial charge in [-0.2, -0.15) is 0 Å². The molecule has 0 bridgehead atoms. The van der Waals surface area contributed by atoms with E-state index >= 15 is 0 Å². The van der Waals surface area contributed by atoms with Gasteiger partial charge < -0.3 is 10.1 Å². The van der Waals surface area contributed by atoms with Crippen molar-refractivity contribution in [1.82, 2.24) is 0 Å². The summed E-state index contributed by atoms with van der Waals surface area (Å²) in [7, 11) is 0. The second-order valence-corrected chi connectivity index (χ2v) is 8.83. The molecule has 2 aliphatic heterocycles. The number of rotatable bonds is 4. The summed E-state index contributed by atoms with van der Waals surface area (Å²) in [6.45, 7) is 2.50. The largest absolute Gasteiger partial charge is 0.494 e. The molecular weight excluding hydrogens is 444 g/mol. The highest BCUT2D eigenvalue weighted by Gasteiger charge is 2.45. The van der Waals surface area contributed by atoms with E-state index < -0.39 is 6.04 Å². The van der Waals surface area contributed by atoms with Crippen molar-refractivity contribution >= 4 is 46.6 Å². The summed E-state index contributed by atoms with van der Waals surface area (Å²) in [5.74, 6) is 0.0937. The number of nitrogens with one attached hydrogen (secondary N) is 1. The highest BCUT2D eigenvalue weighted by atomic mass is 35.5. The van der Waals surface area contributed by atoms with Crippen LogP contribution in [-0.2, 0) is 9.59 Å². The van der Waals surface area contributed by atoms with E-state index in [1.165, 1.54) is 16.7 Å².